The second-order valence-electron chi connectivity index (χ2n) is 7.50. The second-order valence-corrected chi connectivity index (χ2v) is 8.48. The van der Waals surface area contributed by atoms with Gasteiger partial charge in [0.25, 0.3) is 11.2 Å². The number of aromatic nitrogens is 1. The molecular formula is C21H15F4N3O5S. The zero-order valence-electron chi connectivity index (χ0n) is 17.2. The SMILES string of the molecule is O=C(OC1CCN(c2nc(=O)c3cc(C(F)(F)F)cc([N+](=O)[O-])c3s2)CC1)c1ccccc1F. The smallest absolute Gasteiger partial charge is 0.416 e. The zero-order valence-corrected chi connectivity index (χ0v) is 18.0. The predicted octanol–water partition coefficient (Wildman–Crippen LogP) is 4.55. The minimum atomic E-state index is -4.86. The molecule has 0 atom stereocenters. The van der Waals surface area contributed by atoms with Crippen LogP contribution in [0.3, 0.4) is 0 Å². The van der Waals surface area contributed by atoms with E-state index in [1.165, 1.54) is 18.2 Å². The van der Waals surface area contributed by atoms with Gasteiger partial charge in [-0.05, 0) is 18.2 Å². The lowest BCUT2D eigenvalue weighted by Gasteiger charge is -2.31. The summed E-state index contributed by atoms with van der Waals surface area (Å²) in [6, 6.07) is 6.36. The molecular weight excluding hydrogens is 482 g/mol. The number of alkyl halides is 3. The summed E-state index contributed by atoms with van der Waals surface area (Å²) in [5, 5.41) is 11.0. The maximum Gasteiger partial charge on any atom is 0.416 e. The van der Waals surface area contributed by atoms with Gasteiger partial charge in [-0.1, -0.05) is 23.5 Å². The predicted molar refractivity (Wildman–Crippen MR) is 115 cm³/mol. The van der Waals surface area contributed by atoms with Crippen molar-refractivity contribution in [3.63, 3.8) is 0 Å². The Morgan fingerprint density at radius 1 is 1.21 bits per heavy atom. The molecule has 8 nitrogen and oxygen atoms in total. The molecule has 1 aromatic heterocycles. The van der Waals surface area contributed by atoms with Crippen molar-refractivity contribution in [3.05, 3.63) is 73.8 Å². The summed E-state index contributed by atoms with van der Waals surface area (Å²) >= 11 is 0.744. The maximum atomic E-state index is 13.8. The molecule has 1 fully saturated rings. The first kappa shape index (κ1) is 23.5. The number of benzene rings is 2. The van der Waals surface area contributed by atoms with Crippen LogP contribution in [0.25, 0.3) is 10.1 Å². The molecule has 3 aromatic rings. The van der Waals surface area contributed by atoms with E-state index in [0.717, 1.165) is 17.4 Å². The monoisotopic (exact) mass is 497 g/mol. The molecule has 1 saturated heterocycles. The number of hydrogen-bond acceptors (Lipinski definition) is 8. The third-order valence-electron chi connectivity index (χ3n) is 5.29. The average molecular weight is 497 g/mol. The number of nitro benzene ring substituents is 1. The Kier molecular flexibility index (Phi) is 6.21. The Morgan fingerprint density at radius 2 is 1.88 bits per heavy atom. The number of fused-ring (bicyclic) bond motifs is 1. The van der Waals surface area contributed by atoms with Gasteiger partial charge in [0, 0.05) is 32.0 Å². The Morgan fingerprint density at radius 3 is 2.50 bits per heavy atom. The number of piperidine rings is 1. The molecule has 0 saturated carbocycles. The van der Waals surface area contributed by atoms with Crippen LogP contribution >= 0.6 is 11.3 Å². The number of nitro groups is 1. The van der Waals surface area contributed by atoms with Crippen LogP contribution in [-0.4, -0.2) is 35.1 Å². The van der Waals surface area contributed by atoms with Gasteiger partial charge in [-0.25, -0.2) is 9.18 Å². The molecule has 1 aliphatic heterocycles. The van der Waals surface area contributed by atoms with Crippen LogP contribution in [0.5, 0.6) is 0 Å². The zero-order chi connectivity index (χ0) is 24.6. The summed E-state index contributed by atoms with van der Waals surface area (Å²) in [5.74, 6) is -1.51. The number of carbonyl (C=O) groups excluding carboxylic acids is 1. The van der Waals surface area contributed by atoms with E-state index in [1.807, 2.05) is 0 Å². The summed E-state index contributed by atoms with van der Waals surface area (Å²) < 4.78 is 58.2. The minimum Gasteiger partial charge on any atom is -0.459 e. The van der Waals surface area contributed by atoms with Crippen molar-refractivity contribution in [2.45, 2.75) is 25.1 Å². The quantitative estimate of drug-likeness (QED) is 0.226. The highest BCUT2D eigenvalue weighted by atomic mass is 32.1. The van der Waals surface area contributed by atoms with E-state index in [2.05, 4.69) is 4.98 Å². The average Bonchev–Trinajstić information content (AvgIpc) is 2.78. The number of non-ortho nitro benzene ring substituents is 1. The number of hydrogen-bond donors (Lipinski definition) is 0. The number of ether oxygens (including phenoxy) is 1. The van der Waals surface area contributed by atoms with Crippen LogP contribution in [0.1, 0.15) is 28.8 Å². The maximum absolute atomic E-state index is 13.8. The molecule has 0 aliphatic carbocycles. The molecule has 178 valence electrons. The largest absolute Gasteiger partial charge is 0.459 e. The van der Waals surface area contributed by atoms with Gasteiger partial charge in [0.05, 0.1) is 21.4 Å². The van der Waals surface area contributed by atoms with Gasteiger partial charge in [-0.3, -0.25) is 14.9 Å². The molecule has 2 heterocycles. The van der Waals surface area contributed by atoms with Gasteiger partial charge in [-0.15, -0.1) is 0 Å². The van der Waals surface area contributed by atoms with E-state index < -0.39 is 51.2 Å². The normalized spacial score (nSPS) is 14.9. The molecule has 13 heteroatoms. The summed E-state index contributed by atoms with van der Waals surface area (Å²) in [7, 11) is 0. The summed E-state index contributed by atoms with van der Waals surface area (Å²) in [5.41, 5.74) is -3.33. The van der Waals surface area contributed by atoms with E-state index in [4.69, 9.17) is 4.74 Å². The molecule has 0 amide bonds. The number of nitrogens with zero attached hydrogens (tertiary/aromatic N) is 3. The van der Waals surface area contributed by atoms with Gasteiger partial charge in [0.15, 0.2) is 5.13 Å². The first-order valence-electron chi connectivity index (χ1n) is 9.95. The Labute approximate surface area is 192 Å². The van der Waals surface area contributed by atoms with Crippen molar-refractivity contribution in [3.8, 4) is 0 Å². The molecule has 34 heavy (non-hydrogen) atoms. The number of rotatable bonds is 4. The lowest BCUT2D eigenvalue weighted by molar-refractivity contribution is -0.383. The van der Waals surface area contributed by atoms with E-state index in [1.54, 1.807) is 4.90 Å². The molecule has 0 unspecified atom stereocenters. The molecule has 1 aliphatic rings. The van der Waals surface area contributed by atoms with Crippen molar-refractivity contribution in [1.29, 1.82) is 0 Å². The number of anilines is 1. The summed E-state index contributed by atoms with van der Waals surface area (Å²) in [6.07, 6.45) is -4.76. The Balaban J connectivity index is 1.55. The highest BCUT2D eigenvalue weighted by Crippen LogP contribution is 2.38. The fourth-order valence-electron chi connectivity index (χ4n) is 3.58. The lowest BCUT2D eigenvalue weighted by atomic mass is 10.1. The van der Waals surface area contributed by atoms with Gasteiger partial charge < -0.3 is 9.64 Å². The van der Waals surface area contributed by atoms with Crippen LogP contribution in [0.15, 0.2) is 41.2 Å². The Hall–Kier alpha value is -3.61. The van der Waals surface area contributed by atoms with Gasteiger partial charge in [0.1, 0.15) is 16.6 Å². The summed E-state index contributed by atoms with van der Waals surface area (Å²) in [4.78, 5) is 40.6. The van der Waals surface area contributed by atoms with Crippen molar-refractivity contribution in [2.24, 2.45) is 0 Å². The van der Waals surface area contributed by atoms with Gasteiger partial charge in [-0.2, -0.15) is 18.2 Å². The first-order valence-corrected chi connectivity index (χ1v) is 10.8. The topological polar surface area (TPSA) is 103 Å². The molecule has 2 aromatic carbocycles. The lowest BCUT2D eigenvalue weighted by Crippen LogP contribution is -2.38. The van der Waals surface area contributed by atoms with E-state index in [0.29, 0.717) is 25.0 Å². The minimum absolute atomic E-state index is 0.110. The number of halogens is 4. The molecule has 0 radical (unpaired) electrons. The third-order valence-corrected chi connectivity index (χ3v) is 6.46. The van der Waals surface area contributed by atoms with Crippen LogP contribution in [0, 0.1) is 15.9 Å². The van der Waals surface area contributed by atoms with Gasteiger partial charge >= 0.3 is 12.1 Å². The second kappa shape index (κ2) is 8.97. The van der Waals surface area contributed by atoms with E-state index in [-0.39, 0.29) is 28.5 Å². The number of esters is 1. The first-order chi connectivity index (χ1) is 16.0. The summed E-state index contributed by atoms with van der Waals surface area (Å²) in [6.45, 7) is 0.524. The van der Waals surface area contributed by atoms with Crippen LogP contribution in [-0.2, 0) is 10.9 Å². The van der Waals surface area contributed by atoms with Crippen molar-refractivity contribution >= 4 is 38.2 Å². The van der Waals surface area contributed by atoms with Crippen molar-refractivity contribution < 1.29 is 32.0 Å². The fourth-order valence-corrected chi connectivity index (χ4v) is 4.70. The Bertz CT molecular complexity index is 1340. The molecule has 4 rings (SSSR count). The van der Waals surface area contributed by atoms with Gasteiger partial charge in [0.2, 0.25) is 0 Å². The van der Waals surface area contributed by atoms with E-state index in [9.17, 15) is 37.3 Å². The van der Waals surface area contributed by atoms with Crippen LogP contribution < -0.4 is 10.5 Å². The highest BCUT2D eigenvalue weighted by molar-refractivity contribution is 7.22. The van der Waals surface area contributed by atoms with Crippen LogP contribution in [0.4, 0.5) is 28.4 Å². The van der Waals surface area contributed by atoms with Crippen molar-refractivity contribution in [2.75, 3.05) is 18.0 Å². The van der Waals surface area contributed by atoms with Crippen LogP contribution in [0.2, 0.25) is 0 Å². The molecule has 0 N–H and O–H groups in total. The molecule has 0 spiro atoms. The standard InChI is InChI=1S/C21H15F4N3O5S/c22-15-4-2-1-3-13(15)19(30)33-12-5-7-27(8-6-12)20-26-18(29)14-9-11(21(23,24)25)10-16(28(31)32)17(14)34-20/h1-4,9-10,12H,5-8H2. The fraction of sp³-hybridized carbons (Fsp3) is 0.286. The highest BCUT2D eigenvalue weighted by Gasteiger charge is 2.34. The third kappa shape index (κ3) is 4.69. The van der Waals surface area contributed by atoms with E-state index >= 15 is 0 Å². The number of carbonyl (C=O) groups is 1. The molecule has 0 bridgehead atoms. The van der Waals surface area contributed by atoms with Crippen molar-refractivity contribution in [1.82, 2.24) is 4.98 Å².